The second-order valence-corrected chi connectivity index (χ2v) is 8.41. The van der Waals surface area contributed by atoms with Crippen molar-refractivity contribution in [1.29, 1.82) is 0 Å². The number of aliphatic hydroxyl groups is 1. The molecule has 0 spiro atoms. The summed E-state index contributed by atoms with van der Waals surface area (Å²) in [5, 5.41) is 15.7. The second-order valence-electron chi connectivity index (χ2n) is 8.41. The molecule has 2 fully saturated rings. The van der Waals surface area contributed by atoms with Gasteiger partial charge in [-0.25, -0.2) is 0 Å². The van der Waals surface area contributed by atoms with Crippen LogP contribution in [0, 0.1) is 0 Å². The molecule has 2 aliphatic carbocycles. The Balaban J connectivity index is 1.65. The number of aliphatic hydroxyl groups excluding tert-OH is 1. The molecule has 3 rings (SSSR count). The van der Waals surface area contributed by atoms with Crippen molar-refractivity contribution in [3.05, 3.63) is 35.9 Å². The molecule has 1 atom stereocenters. The van der Waals surface area contributed by atoms with E-state index in [4.69, 9.17) is 0 Å². The Kier molecular flexibility index (Phi) is 7.49. The van der Waals surface area contributed by atoms with Crippen molar-refractivity contribution >= 4 is 11.8 Å². The van der Waals surface area contributed by atoms with Crippen LogP contribution in [0.3, 0.4) is 0 Å². The van der Waals surface area contributed by atoms with E-state index in [0.29, 0.717) is 0 Å². The second kappa shape index (κ2) is 10.1. The van der Waals surface area contributed by atoms with Crippen molar-refractivity contribution in [1.82, 2.24) is 10.6 Å². The SMILES string of the molecule is O=C(NC1CCCCCCC1)C(CO)NC(=O)C1(c2ccccc2)CCCC1. The molecule has 0 bridgehead atoms. The normalized spacial score (nSPS) is 21.3. The molecule has 0 saturated heterocycles. The number of hydrogen-bond acceptors (Lipinski definition) is 3. The molecule has 2 amide bonds. The lowest BCUT2D eigenvalue weighted by Gasteiger charge is -2.31. The van der Waals surface area contributed by atoms with Gasteiger partial charge in [0.15, 0.2) is 0 Å². The van der Waals surface area contributed by atoms with Crippen LogP contribution in [0.1, 0.15) is 76.2 Å². The predicted molar refractivity (Wildman–Crippen MR) is 110 cm³/mol. The number of carbonyl (C=O) groups excluding carboxylic acids is 2. The molecule has 1 unspecified atom stereocenters. The van der Waals surface area contributed by atoms with Crippen LogP contribution in [0.4, 0.5) is 0 Å². The first kappa shape index (κ1) is 20.8. The molecule has 0 aromatic heterocycles. The maximum absolute atomic E-state index is 13.2. The fourth-order valence-corrected chi connectivity index (χ4v) is 4.78. The lowest BCUT2D eigenvalue weighted by molar-refractivity contribution is -0.133. The number of amides is 2. The summed E-state index contributed by atoms with van der Waals surface area (Å²) in [5.74, 6) is -0.398. The first-order valence-corrected chi connectivity index (χ1v) is 10.9. The van der Waals surface area contributed by atoms with Crippen LogP contribution in [-0.2, 0) is 15.0 Å². The predicted octanol–water partition coefficient (Wildman–Crippen LogP) is 3.20. The Morgan fingerprint density at radius 2 is 1.57 bits per heavy atom. The van der Waals surface area contributed by atoms with Crippen LogP contribution in [0.5, 0.6) is 0 Å². The molecule has 0 heterocycles. The minimum atomic E-state index is -0.890. The number of hydrogen-bond donors (Lipinski definition) is 3. The summed E-state index contributed by atoms with van der Waals surface area (Å²) in [6.45, 7) is -0.380. The molecular weight excluding hydrogens is 352 g/mol. The molecule has 0 radical (unpaired) electrons. The van der Waals surface area contributed by atoms with Gasteiger partial charge in [0.25, 0.3) is 0 Å². The van der Waals surface area contributed by atoms with E-state index in [2.05, 4.69) is 10.6 Å². The highest BCUT2D eigenvalue weighted by atomic mass is 16.3. The summed E-state index contributed by atoms with van der Waals surface area (Å²) in [5.41, 5.74) is 0.414. The van der Waals surface area contributed by atoms with E-state index in [9.17, 15) is 14.7 Å². The van der Waals surface area contributed by atoms with Gasteiger partial charge in [0, 0.05) is 6.04 Å². The van der Waals surface area contributed by atoms with Crippen LogP contribution < -0.4 is 10.6 Å². The highest BCUT2D eigenvalue weighted by Crippen LogP contribution is 2.41. The monoisotopic (exact) mass is 386 g/mol. The van der Waals surface area contributed by atoms with E-state index < -0.39 is 11.5 Å². The topological polar surface area (TPSA) is 78.4 Å². The van der Waals surface area contributed by atoms with Gasteiger partial charge >= 0.3 is 0 Å². The van der Waals surface area contributed by atoms with E-state index in [0.717, 1.165) is 56.9 Å². The highest BCUT2D eigenvalue weighted by Gasteiger charge is 2.43. The number of benzene rings is 1. The third-order valence-corrected chi connectivity index (χ3v) is 6.47. The summed E-state index contributed by atoms with van der Waals surface area (Å²) >= 11 is 0. The minimum Gasteiger partial charge on any atom is -0.394 e. The fraction of sp³-hybridized carbons (Fsp3) is 0.652. The molecule has 5 heteroatoms. The quantitative estimate of drug-likeness (QED) is 0.702. The standard InChI is InChI=1S/C23H34N2O3/c26-17-20(21(27)24-19-13-7-2-1-3-8-14-19)25-22(28)23(15-9-10-16-23)18-11-5-4-6-12-18/h4-6,11-12,19-20,26H,1-3,7-10,13-17H2,(H,24,27)(H,25,28). The lowest BCUT2D eigenvalue weighted by Crippen LogP contribution is -2.55. The summed E-state index contributed by atoms with van der Waals surface area (Å²) < 4.78 is 0. The maximum atomic E-state index is 13.2. The van der Waals surface area contributed by atoms with Crippen molar-refractivity contribution in [3.63, 3.8) is 0 Å². The van der Waals surface area contributed by atoms with Crippen molar-refractivity contribution in [2.75, 3.05) is 6.61 Å². The summed E-state index contributed by atoms with van der Waals surface area (Å²) in [6, 6.07) is 9.10. The van der Waals surface area contributed by atoms with Gasteiger partial charge in [-0.2, -0.15) is 0 Å². The smallest absolute Gasteiger partial charge is 0.245 e. The Morgan fingerprint density at radius 3 is 2.18 bits per heavy atom. The number of carbonyl (C=O) groups is 2. The van der Waals surface area contributed by atoms with Gasteiger partial charge in [-0.15, -0.1) is 0 Å². The van der Waals surface area contributed by atoms with E-state index in [1.54, 1.807) is 0 Å². The lowest BCUT2D eigenvalue weighted by atomic mass is 9.78. The molecular formula is C23H34N2O3. The fourth-order valence-electron chi connectivity index (χ4n) is 4.78. The largest absolute Gasteiger partial charge is 0.394 e. The van der Waals surface area contributed by atoms with Gasteiger partial charge in [0.05, 0.1) is 12.0 Å². The van der Waals surface area contributed by atoms with E-state index in [1.165, 1.54) is 19.3 Å². The molecule has 5 nitrogen and oxygen atoms in total. The third-order valence-electron chi connectivity index (χ3n) is 6.47. The molecule has 0 aliphatic heterocycles. The van der Waals surface area contributed by atoms with E-state index in [1.807, 2.05) is 30.3 Å². The van der Waals surface area contributed by atoms with Crippen LogP contribution >= 0.6 is 0 Å². The van der Waals surface area contributed by atoms with Crippen molar-refractivity contribution in [2.45, 2.75) is 88.1 Å². The van der Waals surface area contributed by atoms with Gasteiger partial charge in [-0.3, -0.25) is 9.59 Å². The van der Waals surface area contributed by atoms with Gasteiger partial charge in [0.2, 0.25) is 11.8 Å². The van der Waals surface area contributed by atoms with Gasteiger partial charge in [-0.05, 0) is 31.2 Å². The van der Waals surface area contributed by atoms with Crippen LogP contribution in [0.25, 0.3) is 0 Å². The van der Waals surface area contributed by atoms with Crippen molar-refractivity contribution < 1.29 is 14.7 Å². The highest BCUT2D eigenvalue weighted by molar-refractivity contribution is 5.93. The zero-order valence-corrected chi connectivity index (χ0v) is 16.8. The summed E-state index contributed by atoms with van der Waals surface area (Å²) in [7, 11) is 0. The zero-order chi connectivity index (χ0) is 19.8. The Bertz CT molecular complexity index is 633. The van der Waals surface area contributed by atoms with Crippen LogP contribution in [0.15, 0.2) is 30.3 Å². The molecule has 154 valence electrons. The van der Waals surface area contributed by atoms with Gasteiger partial charge < -0.3 is 15.7 Å². The molecule has 1 aromatic carbocycles. The van der Waals surface area contributed by atoms with Crippen molar-refractivity contribution in [2.24, 2.45) is 0 Å². The summed E-state index contributed by atoms with van der Waals surface area (Å²) in [6.07, 6.45) is 11.5. The summed E-state index contributed by atoms with van der Waals surface area (Å²) in [4.78, 5) is 26.0. The minimum absolute atomic E-state index is 0.136. The van der Waals surface area contributed by atoms with E-state index in [-0.39, 0.29) is 24.5 Å². The van der Waals surface area contributed by atoms with Crippen LogP contribution in [0.2, 0.25) is 0 Å². The molecule has 2 aliphatic rings. The first-order valence-electron chi connectivity index (χ1n) is 10.9. The zero-order valence-electron chi connectivity index (χ0n) is 16.8. The van der Waals surface area contributed by atoms with Gasteiger partial charge in [-0.1, -0.05) is 75.3 Å². The average molecular weight is 387 g/mol. The van der Waals surface area contributed by atoms with Gasteiger partial charge in [0.1, 0.15) is 6.04 Å². The molecule has 28 heavy (non-hydrogen) atoms. The van der Waals surface area contributed by atoms with Crippen LogP contribution in [-0.4, -0.2) is 35.6 Å². The Labute approximate surface area is 168 Å². The molecule has 3 N–H and O–H groups in total. The molecule has 1 aromatic rings. The maximum Gasteiger partial charge on any atom is 0.245 e. The molecule has 2 saturated carbocycles. The first-order chi connectivity index (χ1) is 13.7. The van der Waals surface area contributed by atoms with Crippen molar-refractivity contribution in [3.8, 4) is 0 Å². The average Bonchev–Trinajstić information content (AvgIpc) is 3.19. The number of nitrogens with one attached hydrogen (secondary N) is 2. The third kappa shape index (κ3) is 4.93. The Hall–Kier alpha value is -1.88. The van der Waals surface area contributed by atoms with E-state index >= 15 is 0 Å². The number of rotatable bonds is 6. The Morgan fingerprint density at radius 1 is 0.964 bits per heavy atom.